The summed E-state index contributed by atoms with van der Waals surface area (Å²) in [5.41, 5.74) is 12.4. The maximum Gasteiger partial charge on any atom is -0.00198 e. The molecule has 0 bridgehead atoms. The summed E-state index contributed by atoms with van der Waals surface area (Å²) >= 11 is 0. The Hall–Kier alpha value is -5.72. The van der Waals surface area contributed by atoms with E-state index in [2.05, 4.69) is 160 Å². The van der Waals surface area contributed by atoms with Crippen LogP contribution in [0.3, 0.4) is 0 Å². The zero-order valence-corrected chi connectivity index (χ0v) is 28.7. The highest BCUT2D eigenvalue weighted by atomic mass is 14.3. The Labute approximate surface area is 292 Å². The Kier molecular flexibility index (Phi) is 5.59. The summed E-state index contributed by atoms with van der Waals surface area (Å²) in [6.45, 7) is 7.00. The van der Waals surface area contributed by atoms with Gasteiger partial charge in [0, 0.05) is 0 Å². The molecule has 0 atom stereocenters. The van der Waals surface area contributed by atoms with E-state index in [-0.39, 0.29) is 5.41 Å². The van der Waals surface area contributed by atoms with Gasteiger partial charge in [0.15, 0.2) is 0 Å². The first-order valence-corrected chi connectivity index (χ1v) is 18.0. The van der Waals surface area contributed by atoms with Gasteiger partial charge in [-0.2, -0.15) is 0 Å². The van der Waals surface area contributed by atoms with Crippen molar-refractivity contribution in [1.82, 2.24) is 0 Å². The van der Waals surface area contributed by atoms with Crippen LogP contribution >= 0.6 is 0 Å². The predicted molar refractivity (Wildman–Crippen MR) is 217 cm³/mol. The molecule has 0 saturated heterocycles. The fraction of sp³-hybridized carbons (Fsp3) is 0.120. The third kappa shape index (κ3) is 3.77. The van der Waals surface area contributed by atoms with Gasteiger partial charge in [-0.05, 0) is 145 Å². The molecule has 0 heteroatoms. The number of hydrogen-bond donors (Lipinski definition) is 0. The Bertz CT molecular complexity index is 2990. The minimum atomic E-state index is 0.0110. The standard InChI is InChI=1S/C50H36/c1-50(2,3)35-23-26-41-43(28-35)49(42-27-34-13-7-11-30-17-19-32-12-8-16-38(42)46(32)45(30)34)37-15-5-4-14-36(37)48(41)40-25-22-33-20-18-29-9-6-10-31-21-24-39(40)47(33)44(29)31/h4-9,11-19,21-28H,10,20H2,1-3H3. The molecule has 0 fully saturated rings. The monoisotopic (exact) mass is 636 g/mol. The molecule has 9 aromatic rings. The molecule has 0 heterocycles. The van der Waals surface area contributed by atoms with E-state index in [1.165, 1.54) is 115 Å². The highest BCUT2D eigenvalue weighted by Crippen LogP contribution is 2.51. The molecule has 2 aliphatic carbocycles. The summed E-state index contributed by atoms with van der Waals surface area (Å²) in [7, 11) is 0. The fourth-order valence-corrected chi connectivity index (χ4v) is 9.43. The molecule has 0 unspecified atom stereocenters. The van der Waals surface area contributed by atoms with E-state index in [0.717, 1.165) is 12.8 Å². The first kappa shape index (κ1) is 28.2. The minimum absolute atomic E-state index is 0.0110. The van der Waals surface area contributed by atoms with Crippen LogP contribution in [0.4, 0.5) is 0 Å². The number of fused-ring (bicyclic) bond motifs is 2. The smallest absolute Gasteiger partial charge is 0.00198 e. The van der Waals surface area contributed by atoms with Crippen molar-refractivity contribution in [2.75, 3.05) is 0 Å². The average molecular weight is 637 g/mol. The highest BCUT2D eigenvalue weighted by molar-refractivity contribution is 6.31. The van der Waals surface area contributed by atoms with Crippen LogP contribution < -0.4 is 0 Å². The summed E-state index contributed by atoms with van der Waals surface area (Å²) in [4.78, 5) is 0. The lowest BCUT2D eigenvalue weighted by atomic mass is 9.77. The molecular weight excluding hydrogens is 601 g/mol. The normalized spacial score (nSPS) is 14.2. The van der Waals surface area contributed by atoms with Crippen molar-refractivity contribution >= 4 is 70.2 Å². The fourth-order valence-electron chi connectivity index (χ4n) is 9.43. The van der Waals surface area contributed by atoms with Crippen LogP contribution in [0.5, 0.6) is 0 Å². The van der Waals surface area contributed by atoms with Gasteiger partial charge in [0.2, 0.25) is 0 Å². The zero-order chi connectivity index (χ0) is 33.3. The van der Waals surface area contributed by atoms with Crippen LogP contribution in [0.2, 0.25) is 0 Å². The van der Waals surface area contributed by atoms with Crippen LogP contribution in [0, 0.1) is 0 Å². The Morgan fingerprint density at radius 1 is 0.440 bits per heavy atom. The van der Waals surface area contributed by atoms with Gasteiger partial charge in [0.05, 0.1) is 0 Å². The third-order valence-electron chi connectivity index (χ3n) is 11.8. The van der Waals surface area contributed by atoms with Gasteiger partial charge in [0.1, 0.15) is 0 Å². The molecule has 11 rings (SSSR count). The summed E-state index contributed by atoms with van der Waals surface area (Å²) in [6.07, 6.45) is 9.06. The van der Waals surface area contributed by atoms with Gasteiger partial charge in [-0.1, -0.05) is 148 Å². The van der Waals surface area contributed by atoms with E-state index in [1.807, 2.05) is 0 Å². The molecule has 0 aromatic heterocycles. The average Bonchev–Trinajstić information content (AvgIpc) is 3.14. The van der Waals surface area contributed by atoms with Gasteiger partial charge in [-0.3, -0.25) is 0 Å². The van der Waals surface area contributed by atoms with Crippen molar-refractivity contribution in [3.63, 3.8) is 0 Å². The van der Waals surface area contributed by atoms with Crippen molar-refractivity contribution in [3.05, 3.63) is 162 Å². The molecule has 2 aliphatic rings. The number of rotatable bonds is 2. The first-order valence-electron chi connectivity index (χ1n) is 18.0. The Balaban J connectivity index is 1.33. The summed E-state index contributed by atoms with van der Waals surface area (Å²) in [5, 5.41) is 16.0. The van der Waals surface area contributed by atoms with Crippen LogP contribution in [0.25, 0.3) is 92.5 Å². The topological polar surface area (TPSA) is 0 Å². The van der Waals surface area contributed by atoms with Crippen molar-refractivity contribution in [3.8, 4) is 22.3 Å². The molecule has 236 valence electrons. The van der Waals surface area contributed by atoms with Gasteiger partial charge < -0.3 is 0 Å². The predicted octanol–water partition coefficient (Wildman–Crippen LogP) is 13.7. The SMILES string of the molecule is CC(C)(C)c1ccc2c(-c3ccc4c5c6c(ccc35)CC=CC6=CC4)c3ccccc3c(-c3cc4cccc5ccc6cccc3c6c54)c2c1. The van der Waals surface area contributed by atoms with E-state index < -0.39 is 0 Å². The van der Waals surface area contributed by atoms with Crippen molar-refractivity contribution in [1.29, 1.82) is 0 Å². The first-order chi connectivity index (χ1) is 24.4. The number of hydrogen-bond acceptors (Lipinski definition) is 0. The van der Waals surface area contributed by atoms with Crippen LogP contribution in [-0.4, -0.2) is 0 Å². The maximum atomic E-state index is 2.51. The van der Waals surface area contributed by atoms with Gasteiger partial charge in [-0.15, -0.1) is 0 Å². The second-order valence-corrected chi connectivity index (χ2v) is 15.5. The van der Waals surface area contributed by atoms with Crippen LogP contribution in [0.1, 0.15) is 43.0 Å². The molecule has 0 spiro atoms. The van der Waals surface area contributed by atoms with Gasteiger partial charge in [-0.25, -0.2) is 0 Å². The van der Waals surface area contributed by atoms with Crippen molar-refractivity contribution < 1.29 is 0 Å². The van der Waals surface area contributed by atoms with E-state index in [1.54, 1.807) is 0 Å². The minimum Gasteiger partial charge on any atom is -0.0795 e. The van der Waals surface area contributed by atoms with Crippen LogP contribution in [-0.2, 0) is 18.3 Å². The second-order valence-electron chi connectivity index (χ2n) is 15.5. The van der Waals surface area contributed by atoms with Crippen LogP contribution in [0.15, 0.2) is 140 Å². The molecule has 0 nitrogen and oxygen atoms in total. The Morgan fingerprint density at radius 3 is 1.92 bits per heavy atom. The Morgan fingerprint density at radius 2 is 1.10 bits per heavy atom. The zero-order valence-electron chi connectivity index (χ0n) is 28.7. The number of benzene rings is 9. The van der Waals surface area contributed by atoms with E-state index in [9.17, 15) is 0 Å². The molecule has 9 aromatic carbocycles. The largest absolute Gasteiger partial charge is 0.0795 e. The van der Waals surface area contributed by atoms with Crippen molar-refractivity contribution in [2.45, 2.75) is 39.0 Å². The van der Waals surface area contributed by atoms with Gasteiger partial charge >= 0.3 is 0 Å². The lowest BCUT2D eigenvalue weighted by molar-refractivity contribution is 0.591. The maximum absolute atomic E-state index is 2.51. The van der Waals surface area contributed by atoms with E-state index in [4.69, 9.17) is 0 Å². The molecule has 0 radical (unpaired) electrons. The van der Waals surface area contributed by atoms with Crippen molar-refractivity contribution in [2.24, 2.45) is 0 Å². The molecule has 0 amide bonds. The lowest BCUT2D eigenvalue weighted by Crippen LogP contribution is -2.10. The summed E-state index contributed by atoms with van der Waals surface area (Å²) in [6, 6.07) is 46.8. The molecule has 0 N–H and O–H groups in total. The summed E-state index contributed by atoms with van der Waals surface area (Å²) < 4.78 is 0. The van der Waals surface area contributed by atoms with Gasteiger partial charge in [0.25, 0.3) is 0 Å². The van der Waals surface area contributed by atoms with E-state index >= 15 is 0 Å². The molecule has 50 heavy (non-hydrogen) atoms. The quantitative estimate of drug-likeness (QED) is 0.131. The molecular formula is C50H36. The second kappa shape index (κ2) is 9.93. The highest BCUT2D eigenvalue weighted by Gasteiger charge is 2.26. The molecule has 0 aliphatic heterocycles. The summed E-state index contributed by atoms with van der Waals surface area (Å²) in [5.74, 6) is 0. The lowest BCUT2D eigenvalue weighted by Gasteiger charge is -2.26. The molecule has 0 saturated carbocycles. The number of allylic oxidation sites excluding steroid dienone is 4. The van der Waals surface area contributed by atoms with E-state index in [0.29, 0.717) is 0 Å². The third-order valence-corrected chi connectivity index (χ3v) is 11.8.